The Morgan fingerprint density at radius 2 is 1.49 bits per heavy atom. The summed E-state index contributed by atoms with van der Waals surface area (Å²) in [6, 6.07) is 28.7. The van der Waals surface area contributed by atoms with E-state index in [2.05, 4.69) is 5.32 Å². The van der Waals surface area contributed by atoms with E-state index < -0.39 is 28.5 Å². The molecule has 0 saturated carbocycles. The van der Waals surface area contributed by atoms with E-state index in [4.69, 9.17) is 16.3 Å². The highest BCUT2D eigenvalue weighted by atomic mass is 35.5. The SMILES string of the molecule is CCOc1ccccc1N(CC(=O)N(Cc1ccc(Cl)cc1)C(Cc1ccccc1)C(=O)NCC(C)C)S(=O)(=O)c1ccc(C)cc1. The van der Waals surface area contributed by atoms with Gasteiger partial charge in [0, 0.05) is 24.5 Å². The molecule has 0 heterocycles. The monoisotopic (exact) mass is 675 g/mol. The standard InChI is InChI=1S/C37H42ClN3O5S/c1-5-46-35-14-10-9-13-33(35)41(47(44,45)32-21-15-28(4)16-22-32)26-36(42)40(25-30-17-19-31(38)20-18-30)34(37(43)39-24-27(2)3)23-29-11-7-6-8-12-29/h6-22,27,34H,5,23-26H2,1-4H3,(H,39,43). The first-order valence-electron chi connectivity index (χ1n) is 15.7. The number of carbonyl (C=O) groups is 2. The van der Waals surface area contributed by atoms with E-state index in [1.165, 1.54) is 17.0 Å². The van der Waals surface area contributed by atoms with Gasteiger partial charge in [-0.15, -0.1) is 0 Å². The number of halogens is 1. The average Bonchev–Trinajstić information content (AvgIpc) is 3.06. The van der Waals surface area contributed by atoms with Crippen molar-refractivity contribution in [3.63, 3.8) is 0 Å². The fourth-order valence-corrected chi connectivity index (χ4v) is 6.61. The van der Waals surface area contributed by atoms with E-state index in [-0.39, 0.29) is 35.4 Å². The van der Waals surface area contributed by atoms with Gasteiger partial charge in [-0.05, 0) is 67.3 Å². The van der Waals surface area contributed by atoms with Crippen LogP contribution in [0.4, 0.5) is 5.69 Å². The minimum absolute atomic E-state index is 0.0296. The lowest BCUT2D eigenvalue weighted by Crippen LogP contribution is -2.53. The van der Waals surface area contributed by atoms with Crippen LogP contribution in [0, 0.1) is 12.8 Å². The van der Waals surface area contributed by atoms with E-state index in [0.717, 1.165) is 21.0 Å². The first-order chi connectivity index (χ1) is 22.5. The molecule has 0 fully saturated rings. The Kier molecular flexibility index (Phi) is 12.4. The van der Waals surface area contributed by atoms with Crippen molar-refractivity contribution in [2.24, 2.45) is 5.92 Å². The number of ether oxygens (including phenoxy) is 1. The molecule has 0 saturated heterocycles. The van der Waals surface area contributed by atoms with E-state index in [1.807, 2.05) is 51.1 Å². The fraction of sp³-hybridized carbons (Fsp3) is 0.297. The zero-order chi connectivity index (χ0) is 34.0. The summed E-state index contributed by atoms with van der Waals surface area (Å²) in [6.45, 7) is 7.85. The average molecular weight is 676 g/mol. The van der Waals surface area contributed by atoms with Crippen LogP contribution in [-0.4, -0.2) is 50.9 Å². The summed E-state index contributed by atoms with van der Waals surface area (Å²) in [5.74, 6) is -0.379. The summed E-state index contributed by atoms with van der Waals surface area (Å²) in [5, 5.41) is 3.53. The first-order valence-corrected chi connectivity index (χ1v) is 17.5. The Balaban J connectivity index is 1.83. The number of para-hydroxylation sites is 2. The Bertz CT molecular complexity index is 1730. The molecule has 0 aromatic heterocycles. The van der Waals surface area contributed by atoms with Crippen LogP contribution in [0.5, 0.6) is 5.75 Å². The second kappa shape index (κ2) is 16.5. The van der Waals surface area contributed by atoms with Crippen LogP contribution in [-0.2, 0) is 32.6 Å². The number of hydrogen-bond donors (Lipinski definition) is 1. The lowest BCUT2D eigenvalue weighted by Gasteiger charge is -2.34. The van der Waals surface area contributed by atoms with Crippen LogP contribution in [0.2, 0.25) is 5.02 Å². The van der Waals surface area contributed by atoms with Crippen LogP contribution in [0.1, 0.15) is 37.5 Å². The van der Waals surface area contributed by atoms with Gasteiger partial charge in [0.2, 0.25) is 11.8 Å². The first kappa shape index (κ1) is 35.5. The molecular weight excluding hydrogens is 634 g/mol. The van der Waals surface area contributed by atoms with E-state index in [1.54, 1.807) is 67.6 Å². The van der Waals surface area contributed by atoms with Gasteiger partial charge in [0.25, 0.3) is 10.0 Å². The summed E-state index contributed by atoms with van der Waals surface area (Å²) in [7, 11) is -4.26. The van der Waals surface area contributed by atoms with E-state index in [9.17, 15) is 18.0 Å². The third-order valence-electron chi connectivity index (χ3n) is 7.54. The molecule has 10 heteroatoms. The van der Waals surface area contributed by atoms with Crippen molar-refractivity contribution < 1.29 is 22.7 Å². The van der Waals surface area contributed by atoms with Crippen molar-refractivity contribution in [2.75, 3.05) is 24.0 Å². The fourth-order valence-electron chi connectivity index (χ4n) is 5.05. The molecule has 8 nitrogen and oxygen atoms in total. The molecule has 0 spiro atoms. The summed E-state index contributed by atoms with van der Waals surface area (Å²) in [4.78, 5) is 30.1. The number of sulfonamides is 1. The largest absolute Gasteiger partial charge is 0.492 e. The smallest absolute Gasteiger partial charge is 0.264 e. The van der Waals surface area contributed by atoms with Gasteiger partial charge in [-0.25, -0.2) is 8.42 Å². The molecule has 0 aliphatic heterocycles. The molecule has 0 aliphatic rings. The maximum absolute atomic E-state index is 14.6. The Morgan fingerprint density at radius 3 is 2.13 bits per heavy atom. The zero-order valence-corrected chi connectivity index (χ0v) is 28.8. The maximum atomic E-state index is 14.6. The molecule has 1 atom stereocenters. The van der Waals surface area contributed by atoms with Crippen molar-refractivity contribution in [1.29, 1.82) is 0 Å². The molecular formula is C37H42ClN3O5S. The van der Waals surface area contributed by atoms with Crippen LogP contribution in [0.3, 0.4) is 0 Å². The predicted molar refractivity (Wildman–Crippen MR) is 187 cm³/mol. The molecule has 0 bridgehead atoms. The van der Waals surface area contributed by atoms with Gasteiger partial charge in [0.1, 0.15) is 18.3 Å². The molecule has 1 unspecified atom stereocenters. The maximum Gasteiger partial charge on any atom is 0.264 e. The lowest BCUT2D eigenvalue weighted by atomic mass is 10.0. The van der Waals surface area contributed by atoms with Gasteiger partial charge in [-0.1, -0.05) is 97.7 Å². The summed E-state index contributed by atoms with van der Waals surface area (Å²) < 4.78 is 35.6. The quantitative estimate of drug-likeness (QED) is 0.152. The van der Waals surface area contributed by atoms with Gasteiger partial charge >= 0.3 is 0 Å². The Hall–Kier alpha value is -4.34. The summed E-state index contributed by atoms with van der Waals surface area (Å²) in [6.07, 6.45) is 0.227. The van der Waals surface area contributed by atoms with Crippen molar-refractivity contribution in [2.45, 2.75) is 51.6 Å². The number of aryl methyl sites for hydroxylation is 1. The highest BCUT2D eigenvalue weighted by Gasteiger charge is 2.35. The molecule has 47 heavy (non-hydrogen) atoms. The highest BCUT2D eigenvalue weighted by molar-refractivity contribution is 7.92. The Morgan fingerprint density at radius 1 is 0.851 bits per heavy atom. The second-order valence-electron chi connectivity index (χ2n) is 11.7. The highest BCUT2D eigenvalue weighted by Crippen LogP contribution is 2.33. The number of benzene rings is 4. The lowest BCUT2D eigenvalue weighted by molar-refractivity contribution is -0.140. The van der Waals surface area contributed by atoms with E-state index in [0.29, 0.717) is 23.9 Å². The van der Waals surface area contributed by atoms with Gasteiger partial charge in [0.05, 0.1) is 17.2 Å². The Labute approximate surface area is 283 Å². The predicted octanol–water partition coefficient (Wildman–Crippen LogP) is 6.65. The number of nitrogens with one attached hydrogen (secondary N) is 1. The van der Waals surface area contributed by atoms with Crippen LogP contribution in [0.15, 0.2) is 108 Å². The molecule has 2 amide bonds. The van der Waals surface area contributed by atoms with Gasteiger partial charge < -0.3 is 15.0 Å². The van der Waals surface area contributed by atoms with E-state index >= 15 is 0 Å². The van der Waals surface area contributed by atoms with Crippen molar-refractivity contribution >= 4 is 39.1 Å². The number of hydrogen-bond acceptors (Lipinski definition) is 5. The molecule has 0 aliphatic carbocycles. The van der Waals surface area contributed by atoms with Crippen molar-refractivity contribution in [3.8, 4) is 5.75 Å². The molecule has 4 aromatic carbocycles. The van der Waals surface area contributed by atoms with Gasteiger partial charge in [-0.3, -0.25) is 13.9 Å². The minimum Gasteiger partial charge on any atom is -0.492 e. The third-order valence-corrected chi connectivity index (χ3v) is 9.57. The molecule has 0 radical (unpaired) electrons. The van der Waals surface area contributed by atoms with Crippen LogP contribution < -0.4 is 14.4 Å². The number of nitrogens with zero attached hydrogens (tertiary/aromatic N) is 2. The summed E-state index contributed by atoms with van der Waals surface area (Å²) in [5.41, 5.74) is 2.71. The number of anilines is 1. The normalized spacial score (nSPS) is 12.0. The molecule has 1 N–H and O–H groups in total. The second-order valence-corrected chi connectivity index (χ2v) is 14.0. The zero-order valence-electron chi connectivity index (χ0n) is 27.2. The third kappa shape index (κ3) is 9.59. The molecule has 248 valence electrons. The minimum atomic E-state index is -4.26. The van der Waals surface area contributed by atoms with Crippen LogP contribution in [0.25, 0.3) is 0 Å². The molecule has 4 aromatic rings. The number of amides is 2. The van der Waals surface area contributed by atoms with Crippen LogP contribution >= 0.6 is 11.6 Å². The van der Waals surface area contributed by atoms with Crippen molar-refractivity contribution in [3.05, 3.63) is 125 Å². The summed E-state index contributed by atoms with van der Waals surface area (Å²) >= 11 is 6.17. The van der Waals surface area contributed by atoms with Gasteiger partial charge in [0.15, 0.2) is 0 Å². The van der Waals surface area contributed by atoms with Crippen molar-refractivity contribution in [1.82, 2.24) is 10.2 Å². The molecule has 4 rings (SSSR count). The number of rotatable bonds is 15. The van der Waals surface area contributed by atoms with Gasteiger partial charge in [-0.2, -0.15) is 0 Å². The topological polar surface area (TPSA) is 96.0 Å². The number of carbonyl (C=O) groups excluding carboxylic acids is 2.